The summed E-state index contributed by atoms with van der Waals surface area (Å²) in [6, 6.07) is 16.7. The van der Waals surface area contributed by atoms with Crippen LogP contribution in [0.3, 0.4) is 0 Å². The van der Waals surface area contributed by atoms with Crippen molar-refractivity contribution in [2.24, 2.45) is 0 Å². The Balaban J connectivity index is 1.51. The van der Waals surface area contributed by atoms with Gasteiger partial charge in [0.15, 0.2) is 5.71 Å². The highest BCUT2D eigenvalue weighted by Gasteiger charge is 2.44. The number of carbonyl (C=O) groups excluding carboxylic acids is 1. The molecule has 0 aromatic heterocycles. The van der Waals surface area contributed by atoms with Gasteiger partial charge in [-0.15, -0.1) is 4.33 Å². The number of anilines is 1. The summed E-state index contributed by atoms with van der Waals surface area (Å²) in [5.74, 6) is 0.406. The number of rotatable bonds is 16. The third kappa shape index (κ3) is 10.4. The number of amides is 1. The van der Waals surface area contributed by atoms with Gasteiger partial charge in [0.25, 0.3) is 10.1 Å². The van der Waals surface area contributed by atoms with Gasteiger partial charge in [-0.05, 0) is 95.6 Å². The van der Waals surface area contributed by atoms with E-state index in [9.17, 15) is 17.8 Å². The van der Waals surface area contributed by atoms with Gasteiger partial charge in [0.1, 0.15) is 12.1 Å². The molecule has 1 amide bonds. The standard InChI is InChI=1S/C42H55N3O8S2/c1-40(2,3)51-39(46)43-38-30(22-24-36-41(4,5)32-16-8-10-18-34(32)44(36)26-12-14-28-54-53-52-47)20-21-31(38)23-25-37-42(6,7)33-17-9-11-19-35(33)45(37)27-13-15-29-55(48,49)50/h8-11,16-19,22-25H,12-15,20-21,26-29H2,1-7H3,(H2,47,48,49,50)/p+1/b30-22+,36-24+. The maximum Gasteiger partial charge on any atom is 0.412 e. The molecule has 13 heteroatoms. The number of para-hydroxylation sites is 2. The maximum atomic E-state index is 13.3. The van der Waals surface area contributed by atoms with E-state index in [0.717, 1.165) is 78.2 Å². The molecule has 2 aliphatic heterocycles. The van der Waals surface area contributed by atoms with Crippen LogP contribution >= 0.6 is 12.0 Å². The van der Waals surface area contributed by atoms with Crippen molar-refractivity contribution in [3.05, 3.63) is 107 Å². The van der Waals surface area contributed by atoms with E-state index in [4.69, 9.17) is 9.99 Å². The van der Waals surface area contributed by atoms with E-state index in [0.29, 0.717) is 25.1 Å². The molecular weight excluding hydrogens is 739 g/mol. The van der Waals surface area contributed by atoms with Gasteiger partial charge < -0.3 is 9.64 Å². The van der Waals surface area contributed by atoms with Crippen LogP contribution in [0.5, 0.6) is 0 Å². The van der Waals surface area contributed by atoms with E-state index < -0.39 is 21.8 Å². The Morgan fingerprint density at radius 2 is 1.65 bits per heavy atom. The second kappa shape index (κ2) is 17.6. The van der Waals surface area contributed by atoms with Crippen LogP contribution in [-0.4, -0.2) is 64.8 Å². The van der Waals surface area contributed by atoms with Gasteiger partial charge in [-0.2, -0.15) is 13.0 Å². The molecule has 3 N–H and O–H groups in total. The van der Waals surface area contributed by atoms with Crippen molar-refractivity contribution in [1.82, 2.24) is 5.32 Å². The fraction of sp³-hybridized carbons (Fsp3) is 0.476. The van der Waals surface area contributed by atoms with E-state index in [1.807, 2.05) is 32.9 Å². The highest BCUT2D eigenvalue weighted by Crippen LogP contribution is 2.48. The smallest absolute Gasteiger partial charge is 0.412 e. The normalized spacial score (nSPS) is 19.3. The molecular formula is C42H56N3O8S2+. The Morgan fingerprint density at radius 3 is 2.36 bits per heavy atom. The number of hydrogen-bond acceptors (Lipinski definition) is 9. The number of carbonyl (C=O) groups is 1. The second-order valence-electron chi connectivity index (χ2n) is 16.2. The maximum absolute atomic E-state index is 13.3. The van der Waals surface area contributed by atoms with E-state index in [1.54, 1.807) is 0 Å². The molecule has 55 heavy (non-hydrogen) atoms. The molecule has 0 saturated carbocycles. The van der Waals surface area contributed by atoms with Crippen molar-refractivity contribution in [2.75, 3.05) is 29.5 Å². The summed E-state index contributed by atoms with van der Waals surface area (Å²) in [7, 11) is -4.03. The van der Waals surface area contributed by atoms with Gasteiger partial charge in [0.2, 0.25) is 5.69 Å². The summed E-state index contributed by atoms with van der Waals surface area (Å²) < 4.78 is 44.7. The molecule has 0 spiro atoms. The summed E-state index contributed by atoms with van der Waals surface area (Å²) in [4.78, 5) is 15.7. The summed E-state index contributed by atoms with van der Waals surface area (Å²) in [6.07, 6.45) is 12.2. The molecule has 298 valence electrons. The first-order chi connectivity index (χ1) is 25.9. The molecule has 11 nitrogen and oxygen atoms in total. The van der Waals surface area contributed by atoms with Gasteiger partial charge >= 0.3 is 6.09 Å². The molecule has 0 radical (unpaired) electrons. The van der Waals surface area contributed by atoms with Crippen LogP contribution in [-0.2, 0) is 35.1 Å². The molecule has 0 unspecified atom stereocenters. The zero-order chi connectivity index (χ0) is 40.0. The topological polar surface area (TPSA) is 138 Å². The van der Waals surface area contributed by atoms with Gasteiger partial charge in [-0.25, -0.2) is 10.1 Å². The molecule has 2 aromatic carbocycles. The number of allylic oxidation sites excluding steroid dienone is 7. The van der Waals surface area contributed by atoms with Crippen LogP contribution in [0.1, 0.15) is 98.1 Å². The first kappa shape index (κ1) is 42.4. The minimum Gasteiger partial charge on any atom is -0.444 e. The zero-order valence-electron chi connectivity index (χ0n) is 33.1. The van der Waals surface area contributed by atoms with Gasteiger partial charge in [-0.1, -0.05) is 67.4 Å². The largest absolute Gasteiger partial charge is 0.444 e. The Morgan fingerprint density at radius 1 is 0.945 bits per heavy atom. The lowest BCUT2D eigenvalue weighted by Crippen LogP contribution is -2.32. The zero-order valence-corrected chi connectivity index (χ0v) is 34.7. The monoisotopic (exact) mass is 794 g/mol. The number of hydrogen-bond donors (Lipinski definition) is 3. The minimum absolute atomic E-state index is 0.259. The minimum atomic E-state index is -4.03. The molecule has 2 heterocycles. The fourth-order valence-electron chi connectivity index (χ4n) is 7.79. The van der Waals surface area contributed by atoms with E-state index in [-0.39, 0.29) is 16.6 Å². The van der Waals surface area contributed by atoms with Crippen molar-refractivity contribution in [3.8, 4) is 0 Å². The molecule has 5 rings (SSSR count). The van der Waals surface area contributed by atoms with E-state index in [1.165, 1.54) is 16.8 Å². The highest BCUT2D eigenvalue weighted by atomic mass is 32.2. The van der Waals surface area contributed by atoms with Crippen molar-refractivity contribution in [2.45, 2.75) is 103 Å². The van der Waals surface area contributed by atoms with Crippen molar-refractivity contribution in [3.63, 3.8) is 0 Å². The molecule has 2 aromatic rings. The van der Waals surface area contributed by atoms with Gasteiger partial charge in [-0.3, -0.25) is 9.87 Å². The van der Waals surface area contributed by atoms with Crippen molar-refractivity contribution >= 4 is 45.3 Å². The first-order valence-electron chi connectivity index (χ1n) is 18.9. The molecule has 1 aliphatic carbocycles. The lowest BCUT2D eigenvalue weighted by molar-refractivity contribution is -0.438. The highest BCUT2D eigenvalue weighted by molar-refractivity contribution is 7.94. The van der Waals surface area contributed by atoms with E-state index >= 15 is 0 Å². The van der Waals surface area contributed by atoms with Gasteiger partial charge in [0.05, 0.1) is 16.9 Å². The number of nitrogens with one attached hydrogen (secondary N) is 1. The lowest BCUT2D eigenvalue weighted by atomic mass is 9.81. The Hall–Kier alpha value is -3.72. The molecule has 0 bridgehead atoms. The number of unbranched alkanes of at least 4 members (excludes halogenated alkanes) is 2. The summed E-state index contributed by atoms with van der Waals surface area (Å²) in [6.45, 7) is 15.8. The molecule has 0 fully saturated rings. The first-order valence-corrected chi connectivity index (χ1v) is 21.5. The number of ether oxygens (including phenoxy) is 1. The number of fused-ring (bicyclic) bond motifs is 2. The Labute approximate surface area is 330 Å². The quantitative estimate of drug-likeness (QED) is 0.0377. The predicted molar refractivity (Wildman–Crippen MR) is 219 cm³/mol. The van der Waals surface area contributed by atoms with Gasteiger partial charge in [0, 0.05) is 65.3 Å². The van der Waals surface area contributed by atoms with Crippen LogP contribution in [0.25, 0.3) is 0 Å². The van der Waals surface area contributed by atoms with Crippen LogP contribution in [0.2, 0.25) is 0 Å². The number of benzene rings is 2. The second-order valence-corrected chi connectivity index (χ2v) is 18.6. The van der Waals surface area contributed by atoms with E-state index in [2.05, 4.69) is 113 Å². The van der Waals surface area contributed by atoms with Crippen molar-refractivity contribution < 1.29 is 41.7 Å². The third-order valence-corrected chi connectivity index (χ3v) is 11.8. The molecule has 0 saturated heterocycles. The number of nitrogens with zero attached hydrogens (tertiary/aromatic N) is 2. The molecule has 0 atom stereocenters. The summed E-state index contributed by atoms with van der Waals surface area (Å²) in [5.41, 5.74) is 8.38. The predicted octanol–water partition coefficient (Wildman–Crippen LogP) is 9.32. The Bertz CT molecular complexity index is 2010. The summed E-state index contributed by atoms with van der Waals surface area (Å²) >= 11 is 1.07. The van der Waals surface area contributed by atoms with Crippen LogP contribution in [0.15, 0.2) is 95.4 Å². The number of alkyl carbamates (subject to hydrolysis) is 1. The average molecular weight is 795 g/mol. The summed E-state index contributed by atoms with van der Waals surface area (Å²) in [5, 5.41) is 15.3. The third-order valence-electron chi connectivity index (χ3n) is 10.4. The van der Waals surface area contributed by atoms with Crippen LogP contribution < -0.4 is 10.2 Å². The average Bonchev–Trinajstić information content (AvgIpc) is 3.65. The Kier molecular flexibility index (Phi) is 13.6. The SMILES string of the molecule is CC(C)(C)OC(=O)NC1=C(/C=C/C2=[N+](CCCCS(=O)(=O)O)c3ccccc3C2(C)C)CC/C1=C\C=C1\N(CCCCSOOO)c2ccccc2C1(C)C. The molecule has 3 aliphatic rings. The van der Waals surface area contributed by atoms with Crippen LogP contribution in [0.4, 0.5) is 16.2 Å². The van der Waals surface area contributed by atoms with Crippen LogP contribution in [0, 0.1) is 0 Å². The van der Waals surface area contributed by atoms with Crippen molar-refractivity contribution in [1.29, 1.82) is 0 Å². The fourth-order valence-corrected chi connectivity index (χ4v) is 8.79. The lowest BCUT2D eigenvalue weighted by Gasteiger charge is -2.27.